The maximum absolute atomic E-state index is 5.87. The van der Waals surface area contributed by atoms with Gasteiger partial charge in [-0.05, 0) is 25.9 Å². The Balaban J connectivity index is 2.03. The summed E-state index contributed by atoms with van der Waals surface area (Å²) in [7, 11) is 0. The molecule has 0 aromatic rings. The first-order chi connectivity index (χ1) is 4.88. The van der Waals surface area contributed by atoms with Gasteiger partial charge in [0.25, 0.3) is 0 Å². The minimum atomic E-state index is 0.244. The molecule has 2 rings (SSSR count). The van der Waals surface area contributed by atoms with Gasteiger partial charge in [-0.15, -0.1) is 0 Å². The molecule has 0 aliphatic carbocycles. The van der Waals surface area contributed by atoms with Crippen molar-refractivity contribution >= 4 is 0 Å². The zero-order chi connectivity index (χ0) is 6.97. The van der Waals surface area contributed by atoms with Crippen LogP contribution in [0.15, 0.2) is 0 Å². The highest BCUT2D eigenvalue weighted by molar-refractivity contribution is 4.92. The molecule has 3 unspecified atom stereocenters. The van der Waals surface area contributed by atoms with Gasteiger partial charge in [0, 0.05) is 12.0 Å². The summed E-state index contributed by atoms with van der Waals surface area (Å²) >= 11 is 0. The summed E-state index contributed by atoms with van der Waals surface area (Å²) in [6.45, 7) is 2.24. The largest absolute Gasteiger partial charge is 0.316 e. The molecule has 2 aliphatic heterocycles. The molecule has 2 heterocycles. The second-order valence-corrected chi connectivity index (χ2v) is 3.28. The van der Waals surface area contributed by atoms with Crippen LogP contribution in [0.1, 0.15) is 12.8 Å². The Morgan fingerprint density at radius 1 is 1.10 bits per heavy atom. The van der Waals surface area contributed by atoms with Gasteiger partial charge in [0.1, 0.15) is 0 Å². The molecule has 0 aromatic carbocycles. The minimum Gasteiger partial charge on any atom is -0.316 e. The number of hydrogen-bond donors (Lipinski definition) is 3. The van der Waals surface area contributed by atoms with Crippen molar-refractivity contribution in [3.05, 3.63) is 0 Å². The fraction of sp³-hybridized carbons (Fsp3) is 1.00. The maximum atomic E-state index is 5.87. The lowest BCUT2D eigenvalue weighted by Gasteiger charge is -2.31. The third-order valence-electron chi connectivity index (χ3n) is 2.70. The lowest BCUT2D eigenvalue weighted by molar-refractivity contribution is 0.264. The van der Waals surface area contributed by atoms with Crippen LogP contribution in [-0.4, -0.2) is 25.3 Å². The zero-order valence-electron chi connectivity index (χ0n) is 6.14. The van der Waals surface area contributed by atoms with E-state index in [0.29, 0.717) is 12.0 Å². The van der Waals surface area contributed by atoms with Crippen LogP contribution in [0.2, 0.25) is 0 Å². The molecule has 0 aromatic heterocycles. The summed E-state index contributed by atoms with van der Waals surface area (Å²) in [5.74, 6) is 0.689. The SMILES string of the molecule is NC1NCCC2NCCC12. The Kier molecular flexibility index (Phi) is 1.64. The molecule has 3 heteroatoms. The highest BCUT2D eigenvalue weighted by atomic mass is 15.1. The quantitative estimate of drug-likeness (QED) is 0.416. The highest BCUT2D eigenvalue weighted by Crippen LogP contribution is 2.22. The molecule has 0 saturated carbocycles. The van der Waals surface area contributed by atoms with E-state index in [9.17, 15) is 0 Å². The van der Waals surface area contributed by atoms with Gasteiger partial charge in [0.15, 0.2) is 0 Å². The van der Waals surface area contributed by atoms with Crippen molar-refractivity contribution in [2.75, 3.05) is 13.1 Å². The molecule has 2 aliphatic rings. The summed E-state index contributed by atoms with van der Waals surface area (Å²) < 4.78 is 0. The molecule has 0 amide bonds. The standard InChI is InChI=1S/C7H15N3/c8-7-5-1-3-9-6(5)2-4-10-7/h5-7,9-10H,1-4,8H2. The lowest BCUT2D eigenvalue weighted by atomic mass is 9.92. The van der Waals surface area contributed by atoms with Crippen molar-refractivity contribution in [3.8, 4) is 0 Å². The summed E-state index contributed by atoms with van der Waals surface area (Å²) in [6, 6.07) is 0.705. The summed E-state index contributed by atoms with van der Waals surface area (Å²) in [5.41, 5.74) is 5.87. The Hall–Kier alpha value is -0.120. The van der Waals surface area contributed by atoms with Crippen LogP contribution in [0.25, 0.3) is 0 Å². The number of nitrogens with one attached hydrogen (secondary N) is 2. The molecule has 58 valence electrons. The van der Waals surface area contributed by atoms with Crippen LogP contribution in [0.4, 0.5) is 0 Å². The molecular formula is C7H15N3. The van der Waals surface area contributed by atoms with Crippen molar-refractivity contribution in [2.24, 2.45) is 11.7 Å². The molecule has 0 bridgehead atoms. The predicted octanol–water partition coefficient (Wildman–Crippen LogP) is -0.757. The Morgan fingerprint density at radius 2 is 1.90 bits per heavy atom. The first-order valence-electron chi connectivity index (χ1n) is 4.10. The third-order valence-corrected chi connectivity index (χ3v) is 2.70. The van der Waals surface area contributed by atoms with Crippen LogP contribution >= 0.6 is 0 Å². The van der Waals surface area contributed by atoms with Gasteiger partial charge >= 0.3 is 0 Å². The van der Waals surface area contributed by atoms with Gasteiger partial charge in [-0.25, -0.2) is 0 Å². The number of piperidine rings is 1. The van der Waals surface area contributed by atoms with Crippen LogP contribution in [-0.2, 0) is 0 Å². The number of hydrogen-bond acceptors (Lipinski definition) is 3. The number of fused-ring (bicyclic) bond motifs is 1. The van der Waals surface area contributed by atoms with Gasteiger partial charge in [-0.1, -0.05) is 0 Å². The Morgan fingerprint density at radius 3 is 2.70 bits per heavy atom. The zero-order valence-corrected chi connectivity index (χ0v) is 6.14. The second kappa shape index (κ2) is 2.49. The van der Waals surface area contributed by atoms with Crippen LogP contribution < -0.4 is 16.4 Å². The second-order valence-electron chi connectivity index (χ2n) is 3.28. The van der Waals surface area contributed by atoms with Gasteiger partial charge < -0.3 is 16.4 Å². The van der Waals surface area contributed by atoms with Gasteiger partial charge in [0.05, 0.1) is 6.17 Å². The first-order valence-corrected chi connectivity index (χ1v) is 4.10. The van der Waals surface area contributed by atoms with Crippen LogP contribution in [0.5, 0.6) is 0 Å². The van der Waals surface area contributed by atoms with E-state index < -0.39 is 0 Å². The van der Waals surface area contributed by atoms with Crippen molar-refractivity contribution in [1.82, 2.24) is 10.6 Å². The average Bonchev–Trinajstić information content (AvgIpc) is 2.36. The van der Waals surface area contributed by atoms with Gasteiger partial charge in [-0.3, -0.25) is 0 Å². The van der Waals surface area contributed by atoms with E-state index >= 15 is 0 Å². The van der Waals surface area contributed by atoms with E-state index in [0.717, 1.165) is 13.1 Å². The highest BCUT2D eigenvalue weighted by Gasteiger charge is 2.33. The van der Waals surface area contributed by atoms with E-state index in [1.54, 1.807) is 0 Å². The lowest BCUT2D eigenvalue weighted by Crippen LogP contribution is -2.53. The smallest absolute Gasteiger partial charge is 0.0590 e. The van der Waals surface area contributed by atoms with Crippen molar-refractivity contribution in [1.29, 1.82) is 0 Å². The third kappa shape index (κ3) is 0.944. The average molecular weight is 141 g/mol. The first kappa shape index (κ1) is 6.58. The minimum absolute atomic E-state index is 0.244. The molecular weight excluding hydrogens is 126 g/mol. The van der Waals surface area contributed by atoms with Crippen molar-refractivity contribution < 1.29 is 0 Å². The number of nitrogens with two attached hydrogens (primary N) is 1. The molecule has 0 spiro atoms. The molecule has 2 saturated heterocycles. The van der Waals surface area contributed by atoms with Gasteiger partial charge in [0.2, 0.25) is 0 Å². The van der Waals surface area contributed by atoms with E-state index in [4.69, 9.17) is 5.73 Å². The predicted molar refractivity (Wildman–Crippen MR) is 40.5 cm³/mol. The maximum Gasteiger partial charge on any atom is 0.0590 e. The van der Waals surface area contributed by atoms with Crippen molar-refractivity contribution in [2.45, 2.75) is 25.0 Å². The summed E-state index contributed by atoms with van der Waals surface area (Å²) in [4.78, 5) is 0. The monoisotopic (exact) mass is 141 g/mol. The van der Waals surface area contributed by atoms with E-state index in [2.05, 4.69) is 10.6 Å². The van der Waals surface area contributed by atoms with E-state index in [1.807, 2.05) is 0 Å². The molecule has 4 N–H and O–H groups in total. The van der Waals surface area contributed by atoms with E-state index in [-0.39, 0.29) is 6.17 Å². The molecule has 3 nitrogen and oxygen atoms in total. The topological polar surface area (TPSA) is 50.1 Å². The molecule has 0 radical (unpaired) electrons. The Labute approximate surface area is 61.4 Å². The normalized spacial score (nSPS) is 47.1. The van der Waals surface area contributed by atoms with Crippen molar-refractivity contribution in [3.63, 3.8) is 0 Å². The Bertz CT molecular complexity index is 126. The van der Waals surface area contributed by atoms with E-state index in [1.165, 1.54) is 12.8 Å². The van der Waals surface area contributed by atoms with Crippen LogP contribution in [0, 0.1) is 5.92 Å². The molecule has 2 fully saturated rings. The van der Waals surface area contributed by atoms with Gasteiger partial charge in [-0.2, -0.15) is 0 Å². The fourth-order valence-corrected chi connectivity index (χ4v) is 2.09. The summed E-state index contributed by atoms with van der Waals surface area (Å²) in [5, 5.41) is 6.76. The summed E-state index contributed by atoms with van der Waals surface area (Å²) in [6.07, 6.45) is 2.74. The molecule has 3 atom stereocenters. The fourth-order valence-electron chi connectivity index (χ4n) is 2.09. The van der Waals surface area contributed by atoms with Crippen LogP contribution in [0.3, 0.4) is 0 Å². The molecule has 10 heavy (non-hydrogen) atoms. The number of rotatable bonds is 0.